The highest BCUT2D eigenvalue weighted by Crippen LogP contribution is 2.19. The standard InChI is InChI=1S/C26H31N5O5S.C25H29N5O5S/c1-15-11-21(37-14-15)23(33)28-13-20(25(35)36-4)31-24(34)22-16(2)29-26(30-17(22)3)27-10-6-8-18-7-5-9-19(32)12-18;1-14-10-20(36-13-14)22(32)27-12-19(24(34)35)30-23(33)21-15(2)28-25(29-16(21)3)26-9-5-7-17-6-4-8-18(31)11-17/h5,7,9,11-12,14,20,32H,6,8,10,13H2,1-4H3,(H,28,33)(H,31,34)(H,27,29,30);4,6,8,10-11,13,19,31H,5,7,9,12H2,1-3H3,(H,27,32)(H,30,33)(H,34,35)(H,26,28,29)/t20-;19-/m00/s1. The van der Waals surface area contributed by atoms with Crippen molar-refractivity contribution in [2.45, 2.75) is 79.3 Å². The highest BCUT2D eigenvalue weighted by atomic mass is 32.1. The molecule has 0 saturated heterocycles. The predicted octanol–water partition coefficient (Wildman–Crippen LogP) is 5.74. The molecular weight excluding hydrogens is 977 g/mol. The van der Waals surface area contributed by atoms with E-state index in [1.54, 1.807) is 76.2 Å². The Morgan fingerprint density at radius 3 is 1.33 bits per heavy atom. The Balaban J connectivity index is 0.000000271. The molecule has 0 fully saturated rings. The number of benzene rings is 2. The van der Waals surface area contributed by atoms with Crippen LogP contribution < -0.4 is 31.9 Å². The number of carboxylic acids is 1. The number of hydrogen-bond acceptors (Lipinski definition) is 17. The number of carbonyl (C=O) groups is 6. The van der Waals surface area contributed by atoms with E-state index in [0.29, 0.717) is 57.5 Å². The maximum Gasteiger partial charge on any atom is 0.330 e. The largest absolute Gasteiger partial charge is 0.508 e. The van der Waals surface area contributed by atoms with Crippen LogP contribution in [0.2, 0.25) is 0 Å². The predicted molar refractivity (Wildman–Crippen MR) is 278 cm³/mol. The number of nitrogens with zero attached hydrogens (tertiary/aromatic N) is 4. The Kier molecular flexibility index (Phi) is 20.7. The first kappa shape index (κ1) is 55.9. The lowest BCUT2D eigenvalue weighted by Gasteiger charge is -2.18. The molecule has 386 valence electrons. The summed E-state index contributed by atoms with van der Waals surface area (Å²) in [6.45, 7) is 11.2. The van der Waals surface area contributed by atoms with Gasteiger partial charge in [-0.25, -0.2) is 29.5 Å². The summed E-state index contributed by atoms with van der Waals surface area (Å²) in [7, 11) is 1.21. The van der Waals surface area contributed by atoms with Crippen LogP contribution in [0.4, 0.5) is 11.9 Å². The first-order valence-electron chi connectivity index (χ1n) is 23.1. The second-order valence-corrected chi connectivity index (χ2v) is 18.7. The number of methoxy groups -OCH3 is 1. The molecule has 73 heavy (non-hydrogen) atoms. The molecule has 0 aliphatic rings. The monoisotopic (exact) mass is 1040 g/mol. The Hall–Kier alpha value is -7.98. The number of phenols is 2. The van der Waals surface area contributed by atoms with Gasteiger partial charge in [-0.15, -0.1) is 22.7 Å². The average Bonchev–Trinajstić information content (AvgIpc) is 3.99. The van der Waals surface area contributed by atoms with Crippen LogP contribution in [0.3, 0.4) is 0 Å². The van der Waals surface area contributed by atoms with Crippen LogP contribution in [0.1, 0.15) is 97.9 Å². The molecule has 0 spiro atoms. The summed E-state index contributed by atoms with van der Waals surface area (Å²) in [5.74, 6) is -2.63. The van der Waals surface area contributed by atoms with E-state index in [1.165, 1.54) is 29.8 Å². The van der Waals surface area contributed by atoms with Crippen LogP contribution in [-0.2, 0) is 27.2 Å². The van der Waals surface area contributed by atoms with Crippen LogP contribution in [0.15, 0.2) is 71.4 Å². The van der Waals surface area contributed by atoms with E-state index in [-0.39, 0.29) is 41.6 Å². The van der Waals surface area contributed by atoms with Gasteiger partial charge >= 0.3 is 11.9 Å². The van der Waals surface area contributed by atoms with Gasteiger partial charge in [-0.1, -0.05) is 24.3 Å². The zero-order valence-electron chi connectivity index (χ0n) is 41.5. The molecule has 22 heteroatoms. The number of phenolic OH excluding ortho intramolecular Hbond substituents is 2. The molecule has 0 bridgehead atoms. The van der Waals surface area contributed by atoms with E-state index < -0.39 is 41.7 Å². The van der Waals surface area contributed by atoms with Crippen molar-refractivity contribution < 1.29 is 48.8 Å². The molecule has 4 amide bonds. The van der Waals surface area contributed by atoms with Crippen molar-refractivity contribution in [2.75, 3.05) is 43.9 Å². The Morgan fingerprint density at radius 2 is 0.973 bits per heavy atom. The van der Waals surface area contributed by atoms with E-state index in [1.807, 2.05) is 36.7 Å². The number of thiophene rings is 2. The lowest BCUT2D eigenvalue weighted by atomic mass is 10.1. The van der Waals surface area contributed by atoms with E-state index in [2.05, 4.69) is 51.8 Å². The minimum Gasteiger partial charge on any atom is -0.508 e. The number of esters is 1. The summed E-state index contributed by atoms with van der Waals surface area (Å²) in [5.41, 5.74) is 6.09. The maximum atomic E-state index is 13.0. The molecule has 6 rings (SSSR count). The molecule has 4 aromatic heterocycles. The summed E-state index contributed by atoms with van der Waals surface area (Å²) < 4.78 is 4.81. The number of carbonyl (C=O) groups excluding carboxylic acids is 5. The highest BCUT2D eigenvalue weighted by Gasteiger charge is 2.27. The molecule has 0 aliphatic carbocycles. The number of hydrogen-bond donors (Lipinski definition) is 9. The highest BCUT2D eigenvalue weighted by molar-refractivity contribution is 7.12. The van der Waals surface area contributed by atoms with Gasteiger partial charge in [-0.2, -0.15) is 0 Å². The average molecular weight is 1040 g/mol. The normalized spacial score (nSPS) is 11.5. The van der Waals surface area contributed by atoms with Gasteiger partial charge in [-0.05, 0) is 137 Å². The Labute approximate surface area is 430 Å². The SMILES string of the molecule is COC(=O)[C@H](CNC(=O)c1cc(C)cs1)NC(=O)c1c(C)nc(NCCCc2cccc(O)c2)nc1C.Cc1csc(C(=O)NC[C@H](NC(=O)c2c(C)nc(NCCCc3cccc(O)c3)nc2C)C(=O)O)c1. The van der Waals surface area contributed by atoms with Gasteiger partial charge in [0.25, 0.3) is 23.6 Å². The van der Waals surface area contributed by atoms with Crippen molar-refractivity contribution in [1.29, 1.82) is 0 Å². The van der Waals surface area contributed by atoms with Crippen molar-refractivity contribution in [3.05, 3.63) is 137 Å². The van der Waals surface area contributed by atoms with Crippen molar-refractivity contribution in [2.24, 2.45) is 0 Å². The van der Waals surface area contributed by atoms with Gasteiger partial charge in [0.1, 0.15) is 23.6 Å². The van der Waals surface area contributed by atoms with Gasteiger partial charge in [-0.3, -0.25) is 19.2 Å². The summed E-state index contributed by atoms with van der Waals surface area (Å²) in [4.78, 5) is 93.0. The number of amides is 4. The molecule has 20 nitrogen and oxygen atoms in total. The third kappa shape index (κ3) is 17.1. The lowest BCUT2D eigenvalue weighted by Crippen LogP contribution is -2.49. The number of aliphatic carboxylic acids is 1. The van der Waals surface area contributed by atoms with E-state index in [0.717, 1.165) is 47.9 Å². The Bertz CT molecular complexity index is 2880. The number of rotatable bonds is 22. The van der Waals surface area contributed by atoms with Crippen molar-refractivity contribution in [3.8, 4) is 11.5 Å². The van der Waals surface area contributed by atoms with E-state index >= 15 is 0 Å². The number of aromatic nitrogens is 4. The molecule has 0 radical (unpaired) electrons. The molecule has 9 N–H and O–H groups in total. The van der Waals surface area contributed by atoms with Crippen LogP contribution in [0.25, 0.3) is 0 Å². The van der Waals surface area contributed by atoms with Crippen LogP contribution in [0.5, 0.6) is 11.5 Å². The second-order valence-electron chi connectivity index (χ2n) is 16.9. The van der Waals surface area contributed by atoms with Crippen LogP contribution >= 0.6 is 22.7 Å². The summed E-state index contributed by atoms with van der Waals surface area (Å²) in [6, 6.07) is 15.3. The fourth-order valence-corrected chi connectivity index (χ4v) is 8.95. The zero-order valence-corrected chi connectivity index (χ0v) is 43.2. The zero-order chi connectivity index (χ0) is 53.2. The van der Waals surface area contributed by atoms with Crippen LogP contribution in [-0.4, -0.2) is 116 Å². The van der Waals surface area contributed by atoms with Gasteiger partial charge in [0.15, 0.2) is 0 Å². The lowest BCUT2D eigenvalue weighted by molar-refractivity contribution is -0.142. The number of ether oxygens (including phenoxy) is 1. The topological polar surface area (TPSA) is 296 Å². The van der Waals surface area contributed by atoms with Crippen LogP contribution in [0, 0.1) is 41.5 Å². The van der Waals surface area contributed by atoms with Gasteiger partial charge in [0.05, 0.1) is 50.8 Å². The van der Waals surface area contributed by atoms with Gasteiger partial charge in [0.2, 0.25) is 11.9 Å². The van der Waals surface area contributed by atoms with Crippen molar-refractivity contribution in [1.82, 2.24) is 41.2 Å². The fraction of sp³-hybridized carbons (Fsp3) is 0.333. The minimum absolute atomic E-state index is 0.133. The quantitative estimate of drug-likeness (QED) is 0.0289. The molecule has 2 aromatic carbocycles. The van der Waals surface area contributed by atoms with E-state index in [9.17, 15) is 44.1 Å². The smallest absolute Gasteiger partial charge is 0.330 e. The first-order valence-corrected chi connectivity index (χ1v) is 24.9. The first-order chi connectivity index (χ1) is 34.8. The van der Waals surface area contributed by atoms with E-state index in [4.69, 9.17) is 4.74 Å². The summed E-state index contributed by atoms with van der Waals surface area (Å²) >= 11 is 2.56. The molecule has 0 aliphatic heterocycles. The maximum absolute atomic E-state index is 13.0. The molecular formula is C51H60N10O10S2. The summed E-state index contributed by atoms with van der Waals surface area (Å²) in [5, 5.41) is 48.9. The third-order valence-corrected chi connectivity index (χ3v) is 13.0. The number of nitrogens with one attached hydrogen (secondary N) is 6. The third-order valence-electron chi connectivity index (χ3n) is 10.9. The number of aryl methyl sites for hydroxylation is 8. The minimum atomic E-state index is -1.32. The molecule has 0 unspecified atom stereocenters. The summed E-state index contributed by atoms with van der Waals surface area (Å²) in [6.07, 6.45) is 3.12. The number of aromatic hydroxyl groups is 2. The van der Waals surface area contributed by atoms with Gasteiger partial charge < -0.3 is 52.0 Å². The van der Waals surface area contributed by atoms with Crippen molar-refractivity contribution in [3.63, 3.8) is 0 Å². The fourth-order valence-electron chi connectivity index (χ4n) is 7.32. The van der Waals surface area contributed by atoms with Crippen molar-refractivity contribution >= 4 is 70.1 Å². The second kappa shape index (κ2) is 27.0. The number of anilines is 2. The molecule has 0 saturated carbocycles. The molecule has 2 atom stereocenters. The van der Waals surface area contributed by atoms with Gasteiger partial charge in [0, 0.05) is 26.2 Å². The molecule has 6 aromatic rings. The number of carboxylic acid groups (broad SMARTS) is 1. The molecule has 4 heterocycles. The Morgan fingerprint density at radius 1 is 0.575 bits per heavy atom.